The molecule has 1 fully saturated rings. The standard InChI is InChI=1S/C11H15N3O2S2/c12-11(17)13-9-5-1-2-6-10(9)18(15,16)14-7-3-4-8-14/h1-2,5-6H,3-4,7-8H2,(H3,12,13,17). The van der Waals surface area contributed by atoms with Crippen molar-refractivity contribution in [2.75, 3.05) is 18.4 Å². The van der Waals surface area contributed by atoms with E-state index in [0.29, 0.717) is 18.8 Å². The smallest absolute Gasteiger partial charge is 0.245 e. The van der Waals surface area contributed by atoms with Gasteiger partial charge in [-0.3, -0.25) is 0 Å². The van der Waals surface area contributed by atoms with Gasteiger partial charge in [-0.05, 0) is 37.2 Å². The molecule has 0 unspecified atom stereocenters. The summed E-state index contributed by atoms with van der Waals surface area (Å²) in [5.74, 6) is 0. The summed E-state index contributed by atoms with van der Waals surface area (Å²) in [6.07, 6.45) is 1.81. The highest BCUT2D eigenvalue weighted by Gasteiger charge is 2.29. The predicted molar refractivity (Wildman–Crippen MR) is 74.8 cm³/mol. The third kappa shape index (κ3) is 2.63. The van der Waals surface area contributed by atoms with E-state index < -0.39 is 10.0 Å². The Morgan fingerprint density at radius 1 is 1.28 bits per heavy atom. The number of nitrogens with two attached hydrogens (primary N) is 1. The molecule has 0 saturated carbocycles. The van der Waals surface area contributed by atoms with Crippen LogP contribution in [0.25, 0.3) is 0 Å². The van der Waals surface area contributed by atoms with Crippen LogP contribution in [0.4, 0.5) is 5.69 Å². The Morgan fingerprint density at radius 2 is 1.89 bits per heavy atom. The highest BCUT2D eigenvalue weighted by molar-refractivity contribution is 7.89. The first-order valence-corrected chi connectivity index (χ1v) is 7.52. The second kappa shape index (κ2) is 5.21. The van der Waals surface area contributed by atoms with Crippen LogP contribution in [0.5, 0.6) is 0 Å². The van der Waals surface area contributed by atoms with Crippen LogP contribution in [0.1, 0.15) is 12.8 Å². The van der Waals surface area contributed by atoms with Crippen molar-refractivity contribution in [1.82, 2.24) is 4.31 Å². The summed E-state index contributed by atoms with van der Waals surface area (Å²) < 4.78 is 26.4. The molecule has 2 rings (SSSR count). The average molecular weight is 285 g/mol. The third-order valence-electron chi connectivity index (χ3n) is 2.83. The fourth-order valence-corrected chi connectivity index (χ4v) is 3.77. The van der Waals surface area contributed by atoms with Crippen LogP contribution in [0, 0.1) is 0 Å². The van der Waals surface area contributed by atoms with Crippen molar-refractivity contribution < 1.29 is 8.42 Å². The average Bonchev–Trinajstić information content (AvgIpc) is 2.82. The molecule has 7 heteroatoms. The molecular formula is C11H15N3O2S2. The normalized spacial score (nSPS) is 16.7. The Bertz CT molecular complexity index is 551. The molecular weight excluding hydrogens is 270 g/mol. The molecule has 0 atom stereocenters. The lowest BCUT2D eigenvalue weighted by Gasteiger charge is -2.18. The van der Waals surface area contributed by atoms with Crippen molar-refractivity contribution >= 4 is 33.0 Å². The van der Waals surface area contributed by atoms with Gasteiger partial charge in [0.1, 0.15) is 4.90 Å². The van der Waals surface area contributed by atoms with Crippen LogP contribution in [0.3, 0.4) is 0 Å². The van der Waals surface area contributed by atoms with Gasteiger partial charge in [0, 0.05) is 13.1 Å². The number of hydrogen-bond acceptors (Lipinski definition) is 3. The molecule has 1 aliphatic heterocycles. The highest BCUT2D eigenvalue weighted by atomic mass is 32.2. The van der Waals surface area contributed by atoms with Crippen molar-refractivity contribution in [2.45, 2.75) is 17.7 Å². The first kappa shape index (κ1) is 13.3. The van der Waals surface area contributed by atoms with Crippen molar-refractivity contribution in [3.05, 3.63) is 24.3 Å². The molecule has 0 amide bonds. The van der Waals surface area contributed by atoms with Crippen LogP contribution >= 0.6 is 12.2 Å². The molecule has 5 nitrogen and oxygen atoms in total. The molecule has 1 heterocycles. The summed E-state index contributed by atoms with van der Waals surface area (Å²) in [5, 5.41) is 2.76. The zero-order chi connectivity index (χ0) is 13.2. The Kier molecular flexibility index (Phi) is 3.84. The topological polar surface area (TPSA) is 75.4 Å². The second-order valence-electron chi connectivity index (χ2n) is 4.10. The zero-order valence-electron chi connectivity index (χ0n) is 9.80. The summed E-state index contributed by atoms with van der Waals surface area (Å²) >= 11 is 4.75. The Morgan fingerprint density at radius 3 is 2.50 bits per heavy atom. The van der Waals surface area contributed by atoms with E-state index in [9.17, 15) is 8.42 Å². The van der Waals surface area contributed by atoms with Crippen LogP contribution in [-0.2, 0) is 10.0 Å². The first-order chi connectivity index (χ1) is 8.51. The largest absolute Gasteiger partial charge is 0.376 e. The van der Waals surface area contributed by atoms with E-state index >= 15 is 0 Å². The first-order valence-electron chi connectivity index (χ1n) is 5.67. The lowest BCUT2D eigenvalue weighted by molar-refractivity contribution is 0.478. The molecule has 18 heavy (non-hydrogen) atoms. The van der Waals surface area contributed by atoms with Gasteiger partial charge in [0.25, 0.3) is 0 Å². The van der Waals surface area contributed by atoms with Crippen LogP contribution in [0.15, 0.2) is 29.2 Å². The highest BCUT2D eigenvalue weighted by Crippen LogP contribution is 2.26. The number of benzene rings is 1. The van der Waals surface area contributed by atoms with Gasteiger partial charge in [0.2, 0.25) is 10.0 Å². The number of thiocarbonyl (C=S) groups is 1. The molecule has 0 aliphatic carbocycles. The van der Waals surface area contributed by atoms with Crippen molar-refractivity contribution in [3.8, 4) is 0 Å². The van der Waals surface area contributed by atoms with Gasteiger partial charge in [-0.25, -0.2) is 8.42 Å². The van der Waals surface area contributed by atoms with E-state index in [1.807, 2.05) is 0 Å². The number of anilines is 1. The van der Waals surface area contributed by atoms with Gasteiger partial charge in [-0.1, -0.05) is 12.1 Å². The molecule has 0 aromatic heterocycles. The summed E-state index contributed by atoms with van der Waals surface area (Å²) in [7, 11) is -3.46. The van der Waals surface area contributed by atoms with Gasteiger partial charge in [-0.2, -0.15) is 4.31 Å². The summed E-state index contributed by atoms with van der Waals surface area (Å²) in [4.78, 5) is 0.222. The predicted octanol–water partition coefficient (Wildman–Crippen LogP) is 1.13. The SMILES string of the molecule is NC(=S)Nc1ccccc1S(=O)(=O)N1CCCC1. The maximum absolute atomic E-state index is 12.4. The fourth-order valence-electron chi connectivity index (χ4n) is 2.00. The van der Waals surface area contributed by atoms with E-state index in [1.165, 1.54) is 4.31 Å². The summed E-state index contributed by atoms with van der Waals surface area (Å²) in [6, 6.07) is 6.65. The number of para-hydroxylation sites is 1. The quantitative estimate of drug-likeness (QED) is 0.814. The second-order valence-corrected chi connectivity index (χ2v) is 6.44. The van der Waals surface area contributed by atoms with E-state index in [4.69, 9.17) is 18.0 Å². The van der Waals surface area contributed by atoms with Gasteiger partial charge in [0.15, 0.2) is 5.11 Å². The van der Waals surface area contributed by atoms with Gasteiger partial charge in [0.05, 0.1) is 5.69 Å². The lowest BCUT2D eigenvalue weighted by Crippen LogP contribution is -2.29. The summed E-state index contributed by atoms with van der Waals surface area (Å²) in [6.45, 7) is 1.15. The third-order valence-corrected chi connectivity index (χ3v) is 4.89. The van der Waals surface area contributed by atoms with Gasteiger partial charge < -0.3 is 11.1 Å². The number of nitrogens with zero attached hydrogens (tertiary/aromatic N) is 1. The van der Waals surface area contributed by atoms with Gasteiger partial charge >= 0.3 is 0 Å². The Labute approximate surface area is 112 Å². The molecule has 98 valence electrons. The molecule has 0 spiro atoms. The number of rotatable bonds is 3. The van der Waals surface area contributed by atoms with Crippen LogP contribution < -0.4 is 11.1 Å². The lowest BCUT2D eigenvalue weighted by atomic mass is 10.3. The maximum atomic E-state index is 12.4. The Balaban J connectivity index is 2.40. The van der Waals surface area contributed by atoms with Crippen LogP contribution in [-0.4, -0.2) is 30.9 Å². The van der Waals surface area contributed by atoms with Crippen molar-refractivity contribution in [2.24, 2.45) is 5.73 Å². The minimum absolute atomic E-state index is 0.0547. The van der Waals surface area contributed by atoms with E-state index in [2.05, 4.69) is 5.32 Å². The number of sulfonamides is 1. The van der Waals surface area contributed by atoms with Crippen LogP contribution in [0.2, 0.25) is 0 Å². The van der Waals surface area contributed by atoms with Gasteiger partial charge in [-0.15, -0.1) is 0 Å². The molecule has 1 saturated heterocycles. The van der Waals surface area contributed by atoms with E-state index in [1.54, 1.807) is 24.3 Å². The molecule has 1 aromatic rings. The minimum atomic E-state index is -3.46. The maximum Gasteiger partial charge on any atom is 0.245 e. The molecule has 3 N–H and O–H groups in total. The van der Waals surface area contributed by atoms with Crippen molar-refractivity contribution in [3.63, 3.8) is 0 Å². The van der Waals surface area contributed by atoms with E-state index in [0.717, 1.165) is 12.8 Å². The summed E-state index contributed by atoms with van der Waals surface area (Å²) in [5.41, 5.74) is 5.83. The monoisotopic (exact) mass is 285 g/mol. The molecule has 0 radical (unpaired) electrons. The number of nitrogens with one attached hydrogen (secondary N) is 1. The Hall–Kier alpha value is -1.18. The molecule has 1 aromatic carbocycles. The minimum Gasteiger partial charge on any atom is -0.376 e. The molecule has 1 aliphatic rings. The molecule has 0 bridgehead atoms. The van der Waals surface area contributed by atoms with Crippen molar-refractivity contribution in [1.29, 1.82) is 0 Å². The number of hydrogen-bond donors (Lipinski definition) is 2. The zero-order valence-corrected chi connectivity index (χ0v) is 11.4. The van der Waals surface area contributed by atoms with E-state index in [-0.39, 0.29) is 10.0 Å². The fraction of sp³-hybridized carbons (Fsp3) is 0.364.